The number of pyridine rings is 1. The predicted molar refractivity (Wildman–Crippen MR) is 143 cm³/mol. The molecule has 1 saturated heterocycles. The Morgan fingerprint density at radius 2 is 1.97 bits per heavy atom. The van der Waals surface area contributed by atoms with Crippen LogP contribution in [0.1, 0.15) is 37.4 Å². The summed E-state index contributed by atoms with van der Waals surface area (Å²) in [5.74, 6) is 0.923. The minimum atomic E-state index is 0.709. The van der Waals surface area contributed by atoms with E-state index < -0.39 is 0 Å². The molecular formula is C28H32N6. The molecule has 1 aliphatic rings. The van der Waals surface area contributed by atoms with Crippen LogP contribution in [0.15, 0.2) is 92.2 Å². The van der Waals surface area contributed by atoms with E-state index in [1.165, 1.54) is 19.3 Å². The van der Waals surface area contributed by atoms with Crippen molar-refractivity contribution in [2.45, 2.75) is 26.2 Å². The molecule has 4 rings (SSSR count). The highest BCUT2D eigenvalue weighted by Gasteiger charge is 2.14. The molecule has 0 unspecified atom stereocenters. The first-order valence-corrected chi connectivity index (χ1v) is 11.6. The van der Waals surface area contributed by atoms with Crippen molar-refractivity contribution in [2.75, 3.05) is 18.4 Å². The highest BCUT2D eigenvalue weighted by molar-refractivity contribution is 5.95. The summed E-state index contributed by atoms with van der Waals surface area (Å²) in [4.78, 5) is 6.45. The van der Waals surface area contributed by atoms with Crippen LogP contribution in [-0.2, 0) is 0 Å². The Morgan fingerprint density at radius 1 is 1.15 bits per heavy atom. The van der Waals surface area contributed by atoms with E-state index >= 15 is 0 Å². The lowest BCUT2D eigenvalue weighted by atomic mass is 10.0. The summed E-state index contributed by atoms with van der Waals surface area (Å²) < 4.78 is 0. The van der Waals surface area contributed by atoms with Crippen molar-refractivity contribution >= 4 is 27.9 Å². The fraction of sp³-hybridized carbons (Fsp3) is 0.214. The van der Waals surface area contributed by atoms with Gasteiger partial charge in [-0.15, -0.1) is 0 Å². The van der Waals surface area contributed by atoms with Gasteiger partial charge >= 0.3 is 0 Å². The van der Waals surface area contributed by atoms with Gasteiger partial charge in [0, 0.05) is 30.4 Å². The van der Waals surface area contributed by atoms with E-state index in [1.54, 1.807) is 12.4 Å². The second-order valence-electron chi connectivity index (χ2n) is 8.35. The molecule has 3 N–H and O–H groups in total. The van der Waals surface area contributed by atoms with Gasteiger partial charge in [-0.25, -0.2) is 0 Å². The number of aromatic amines is 1. The van der Waals surface area contributed by atoms with E-state index in [9.17, 15) is 0 Å². The number of benzene rings is 1. The fourth-order valence-corrected chi connectivity index (χ4v) is 4.15. The van der Waals surface area contributed by atoms with Crippen molar-refractivity contribution in [1.29, 1.82) is 0 Å². The van der Waals surface area contributed by atoms with E-state index in [4.69, 9.17) is 0 Å². The van der Waals surface area contributed by atoms with Crippen molar-refractivity contribution in [2.24, 2.45) is 0 Å². The second-order valence-corrected chi connectivity index (χ2v) is 8.35. The van der Waals surface area contributed by atoms with E-state index in [1.807, 2.05) is 31.2 Å². The lowest BCUT2D eigenvalue weighted by Gasteiger charge is -2.31. The molecule has 0 saturated carbocycles. The van der Waals surface area contributed by atoms with E-state index in [0.717, 1.165) is 58.0 Å². The fourth-order valence-electron chi connectivity index (χ4n) is 4.15. The molecule has 0 atom stereocenters. The standard InChI is InChI=1S/C28H32N6/c1-5-22(17-24(6-2)31-21(4)34-15-8-7-9-16-34)23-12-13-27-26(18-23)28(33-32-27)20(3)30-25-11-10-14-29-19-25/h5-6,10-14,17-19,30-31H,2-4,7-9,15-16H2,1H3,(H,32,33)/b22-5+,24-17+. The summed E-state index contributed by atoms with van der Waals surface area (Å²) in [5, 5.41) is 15.3. The Hall–Kier alpha value is -4.06. The summed E-state index contributed by atoms with van der Waals surface area (Å²) in [7, 11) is 0. The Labute approximate surface area is 201 Å². The monoisotopic (exact) mass is 452 g/mol. The highest BCUT2D eigenvalue weighted by Crippen LogP contribution is 2.27. The zero-order chi connectivity index (χ0) is 23.9. The molecule has 3 aromatic rings. The zero-order valence-corrected chi connectivity index (χ0v) is 19.8. The molecule has 6 heteroatoms. The van der Waals surface area contributed by atoms with Gasteiger partial charge < -0.3 is 15.5 Å². The molecule has 0 spiro atoms. The lowest BCUT2D eigenvalue weighted by Crippen LogP contribution is -2.34. The Balaban J connectivity index is 1.57. The molecule has 0 radical (unpaired) electrons. The molecule has 2 aromatic heterocycles. The predicted octanol–water partition coefficient (Wildman–Crippen LogP) is 6.06. The number of rotatable bonds is 9. The first kappa shape index (κ1) is 23.1. The van der Waals surface area contributed by atoms with Gasteiger partial charge in [0.05, 0.1) is 28.9 Å². The average Bonchev–Trinajstić information content (AvgIpc) is 3.31. The minimum Gasteiger partial charge on any atom is -0.359 e. The average molecular weight is 453 g/mol. The van der Waals surface area contributed by atoms with Gasteiger partial charge in [0.1, 0.15) is 5.69 Å². The van der Waals surface area contributed by atoms with Gasteiger partial charge in [-0.1, -0.05) is 31.9 Å². The van der Waals surface area contributed by atoms with Crippen LogP contribution in [0.3, 0.4) is 0 Å². The summed E-state index contributed by atoms with van der Waals surface area (Å²) in [5.41, 5.74) is 6.38. The maximum absolute atomic E-state index is 4.50. The molecule has 1 aliphatic heterocycles. The number of allylic oxidation sites excluding steroid dienone is 4. The van der Waals surface area contributed by atoms with Gasteiger partial charge in [0.2, 0.25) is 0 Å². The van der Waals surface area contributed by atoms with Crippen molar-refractivity contribution in [3.63, 3.8) is 0 Å². The third-order valence-corrected chi connectivity index (χ3v) is 6.01. The lowest BCUT2D eigenvalue weighted by molar-refractivity contribution is 0.274. The number of H-pyrrole nitrogens is 1. The second kappa shape index (κ2) is 10.7. The molecule has 3 heterocycles. The van der Waals surface area contributed by atoms with E-state index in [0.29, 0.717) is 5.70 Å². The number of aromatic nitrogens is 3. The van der Waals surface area contributed by atoms with Gasteiger partial charge in [0.25, 0.3) is 0 Å². The topological polar surface area (TPSA) is 68.9 Å². The van der Waals surface area contributed by atoms with Crippen LogP contribution in [0, 0.1) is 0 Å². The number of hydrogen-bond acceptors (Lipinski definition) is 5. The first-order chi connectivity index (χ1) is 16.6. The smallest absolute Gasteiger partial charge is 0.116 e. The minimum absolute atomic E-state index is 0.709. The Morgan fingerprint density at radius 3 is 2.68 bits per heavy atom. The zero-order valence-electron chi connectivity index (χ0n) is 19.8. The van der Waals surface area contributed by atoms with Crippen LogP contribution in [-0.4, -0.2) is 33.2 Å². The van der Waals surface area contributed by atoms with Gasteiger partial charge in [-0.2, -0.15) is 5.10 Å². The van der Waals surface area contributed by atoms with Crippen LogP contribution in [0.4, 0.5) is 5.69 Å². The van der Waals surface area contributed by atoms with Crippen LogP contribution >= 0.6 is 0 Å². The van der Waals surface area contributed by atoms with Crippen LogP contribution in [0.5, 0.6) is 0 Å². The molecule has 0 bridgehead atoms. The quantitative estimate of drug-likeness (QED) is 0.344. The van der Waals surface area contributed by atoms with Crippen molar-refractivity contribution in [3.8, 4) is 0 Å². The van der Waals surface area contributed by atoms with Crippen molar-refractivity contribution in [1.82, 2.24) is 25.4 Å². The highest BCUT2D eigenvalue weighted by atomic mass is 15.2. The maximum Gasteiger partial charge on any atom is 0.116 e. The molecule has 1 aromatic carbocycles. The van der Waals surface area contributed by atoms with Gasteiger partial charge in [-0.3, -0.25) is 10.1 Å². The number of anilines is 1. The Bertz CT molecular complexity index is 1240. The van der Waals surface area contributed by atoms with Crippen molar-refractivity contribution < 1.29 is 0 Å². The molecule has 0 aliphatic carbocycles. The largest absolute Gasteiger partial charge is 0.359 e. The maximum atomic E-state index is 4.50. The third-order valence-electron chi connectivity index (χ3n) is 6.01. The van der Waals surface area contributed by atoms with Crippen LogP contribution in [0.25, 0.3) is 22.2 Å². The normalized spacial score (nSPS) is 14.7. The summed E-state index contributed by atoms with van der Waals surface area (Å²) in [6, 6.07) is 10.1. The summed E-state index contributed by atoms with van der Waals surface area (Å²) in [6.45, 7) is 16.6. The number of hydrogen-bond donors (Lipinski definition) is 3. The van der Waals surface area contributed by atoms with Gasteiger partial charge in [0.15, 0.2) is 0 Å². The molecule has 34 heavy (non-hydrogen) atoms. The van der Waals surface area contributed by atoms with Crippen LogP contribution < -0.4 is 10.6 Å². The number of nitrogens with one attached hydrogen (secondary N) is 3. The van der Waals surface area contributed by atoms with E-state index in [2.05, 4.69) is 74.7 Å². The molecule has 1 fully saturated rings. The third kappa shape index (κ3) is 5.29. The first-order valence-electron chi connectivity index (χ1n) is 11.6. The summed E-state index contributed by atoms with van der Waals surface area (Å²) in [6.07, 6.45) is 13.2. The molecular weight excluding hydrogens is 420 g/mol. The number of nitrogens with zero attached hydrogens (tertiary/aromatic N) is 3. The van der Waals surface area contributed by atoms with Crippen molar-refractivity contribution in [3.05, 3.63) is 103 Å². The molecule has 0 amide bonds. The SMILES string of the molecule is C=C/C(=C\C(=C/C)c1ccc2[nH]nc(C(=C)Nc3cccnc3)c2c1)NC(=C)N1CCCCC1. The molecule has 6 nitrogen and oxygen atoms in total. The number of piperidine rings is 1. The van der Waals surface area contributed by atoms with Crippen LogP contribution in [0.2, 0.25) is 0 Å². The summed E-state index contributed by atoms with van der Waals surface area (Å²) >= 11 is 0. The van der Waals surface area contributed by atoms with Gasteiger partial charge in [-0.05, 0) is 73.7 Å². The van der Waals surface area contributed by atoms with E-state index in [-0.39, 0.29) is 0 Å². The number of fused-ring (bicyclic) bond motifs is 1. The Kier molecular flexibility index (Phi) is 7.28. The number of likely N-dealkylation sites (tertiary alicyclic amines) is 1. The molecule has 174 valence electrons.